The van der Waals surface area contributed by atoms with Crippen molar-refractivity contribution in [3.63, 3.8) is 0 Å². The molecule has 0 unspecified atom stereocenters. The van der Waals surface area contributed by atoms with Gasteiger partial charge in [-0.25, -0.2) is 4.68 Å². The van der Waals surface area contributed by atoms with Crippen molar-refractivity contribution in [2.45, 2.75) is 26.7 Å². The van der Waals surface area contributed by atoms with Crippen LogP contribution in [0.25, 0.3) is 5.69 Å². The van der Waals surface area contributed by atoms with E-state index >= 15 is 0 Å². The fourth-order valence-electron chi connectivity index (χ4n) is 2.86. The number of aromatic nitrogens is 2. The molecule has 2 aromatic carbocycles. The molecule has 30 heavy (non-hydrogen) atoms. The van der Waals surface area contributed by atoms with Gasteiger partial charge in [0.15, 0.2) is 5.69 Å². The fraction of sp³-hybridized carbons (Fsp3) is 0.227. The second-order valence-electron chi connectivity index (χ2n) is 6.78. The normalized spacial score (nSPS) is 10.5. The molecule has 2 N–H and O–H groups in total. The van der Waals surface area contributed by atoms with E-state index in [0.717, 1.165) is 22.7 Å². The average Bonchev–Trinajstić information content (AvgIpc) is 3.13. The number of para-hydroxylation sites is 1. The Bertz CT molecular complexity index is 1030. The van der Waals surface area contributed by atoms with Crippen LogP contribution in [0, 0.1) is 13.8 Å². The van der Waals surface area contributed by atoms with Crippen molar-refractivity contribution in [2.75, 3.05) is 6.61 Å². The van der Waals surface area contributed by atoms with Gasteiger partial charge in [0.1, 0.15) is 5.75 Å². The first-order valence-electron chi connectivity index (χ1n) is 9.54. The molecule has 0 aliphatic rings. The molecular weight excluding hydrogens is 404 g/mol. The van der Waals surface area contributed by atoms with E-state index < -0.39 is 5.91 Å². The van der Waals surface area contributed by atoms with E-state index in [9.17, 15) is 9.59 Å². The minimum Gasteiger partial charge on any atom is -0.493 e. The van der Waals surface area contributed by atoms with Gasteiger partial charge in [-0.2, -0.15) is 5.10 Å². The third-order valence-electron chi connectivity index (χ3n) is 4.38. The number of hydrazine groups is 1. The largest absolute Gasteiger partial charge is 0.493 e. The molecule has 8 heteroatoms. The third kappa shape index (κ3) is 5.61. The van der Waals surface area contributed by atoms with Gasteiger partial charge < -0.3 is 4.74 Å². The van der Waals surface area contributed by atoms with Crippen molar-refractivity contribution in [3.05, 3.63) is 76.6 Å². The lowest BCUT2D eigenvalue weighted by molar-refractivity contribution is -0.122. The minimum atomic E-state index is -0.478. The highest BCUT2D eigenvalue weighted by Gasteiger charge is 2.14. The Morgan fingerprint density at radius 3 is 2.57 bits per heavy atom. The van der Waals surface area contributed by atoms with Crippen LogP contribution in [0.4, 0.5) is 0 Å². The highest BCUT2D eigenvalue weighted by Crippen LogP contribution is 2.21. The molecule has 0 aliphatic heterocycles. The smallest absolute Gasteiger partial charge is 0.290 e. The lowest BCUT2D eigenvalue weighted by Gasteiger charge is -2.09. The van der Waals surface area contributed by atoms with Gasteiger partial charge in [-0.05, 0) is 62.2 Å². The molecule has 0 aliphatic carbocycles. The summed E-state index contributed by atoms with van der Waals surface area (Å²) in [5, 5.41) is 4.96. The zero-order valence-corrected chi connectivity index (χ0v) is 17.6. The summed E-state index contributed by atoms with van der Waals surface area (Å²) in [6.45, 7) is 4.15. The Labute approximate surface area is 180 Å². The highest BCUT2D eigenvalue weighted by atomic mass is 35.5. The Balaban J connectivity index is 1.43. The van der Waals surface area contributed by atoms with Gasteiger partial charge in [0.2, 0.25) is 5.91 Å². The van der Waals surface area contributed by atoms with E-state index in [2.05, 4.69) is 16.0 Å². The number of rotatable bonds is 7. The summed E-state index contributed by atoms with van der Waals surface area (Å²) < 4.78 is 7.33. The summed E-state index contributed by atoms with van der Waals surface area (Å²) in [5.74, 6) is -0.0503. The SMILES string of the molecule is Cc1cc(Cl)ccc1OCCCC(=O)NNC(=O)c1cc(C)n(-c2ccccc2)n1. The van der Waals surface area contributed by atoms with Crippen LogP contribution in [0.1, 0.15) is 34.6 Å². The van der Waals surface area contributed by atoms with Crippen molar-refractivity contribution in [1.82, 2.24) is 20.6 Å². The maximum atomic E-state index is 12.3. The molecule has 0 fully saturated rings. The summed E-state index contributed by atoms with van der Waals surface area (Å²) in [4.78, 5) is 24.3. The van der Waals surface area contributed by atoms with Crippen LogP contribution < -0.4 is 15.6 Å². The zero-order chi connectivity index (χ0) is 21.5. The predicted octanol–water partition coefficient (Wildman–Crippen LogP) is 3.76. The molecular formula is C22H23ClN4O3. The topological polar surface area (TPSA) is 85.3 Å². The van der Waals surface area contributed by atoms with E-state index in [1.807, 2.05) is 50.2 Å². The second-order valence-corrected chi connectivity index (χ2v) is 7.22. The number of aryl methyl sites for hydroxylation is 2. The molecule has 3 aromatic rings. The molecule has 0 atom stereocenters. The number of hydrogen-bond acceptors (Lipinski definition) is 4. The monoisotopic (exact) mass is 426 g/mol. The number of carbonyl (C=O) groups excluding carboxylic acids is 2. The maximum absolute atomic E-state index is 12.3. The van der Waals surface area contributed by atoms with Gasteiger partial charge in [0.25, 0.3) is 5.91 Å². The van der Waals surface area contributed by atoms with Crippen LogP contribution in [0.15, 0.2) is 54.6 Å². The zero-order valence-electron chi connectivity index (χ0n) is 16.8. The quantitative estimate of drug-likeness (QED) is 0.445. The van der Waals surface area contributed by atoms with Gasteiger partial charge in [0.05, 0.1) is 12.3 Å². The van der Waals surface area contributed by atoms with Crippen LogP contribution in [0.2, 0.25) is 5.02 Å². The van der Waals surface area contributed by atoms with Crippen molar-refractivity contribution in [3.8, 4) is 11.4 Å². The van der Waals surface area contributed by atoms with Crippen molar-refractivity contribution < 1.29 is 14.3 Å². The van der Waals surface area contributed by atoms with Gasteiger partial charge in [0, 0.05) is 17.1 Å². The second kappa shape index (κ2) is 9.93. The summed E-state index contributed by atoms with van der Waals surface area (Å²) in [7, 11) is 0. The van der Waals surface area contributed by atoms with Crippen LogP contribution in [0.3, 0.4) is 0 Å². The Morgan fingerprint density at radius 2 is 1.83 bits per heavy atom. The first-order valence-corrected chi connectivity index (χ1v) is 9.92. The number of carbonyl (C=O) groups is 2. The lowest BCUT2D eigenvalue weighted by Crippen LogP contribution is -2.41. The standard InChI is InChI=1S/C22H23ClN4O3/c1-15-13-17(23)10-11-20(15)30-12-6-9-21(28)24-25-22(29)19-14-16(2)27(26-19)18-7-4-3-5-8-18/h3-5,7-8,10-11,13-14H,6,9,12H2,1-2H3,(H,24,28)(H,25,29). The Morgan fingerprint density at radius 1 is 1.07 bits per heavy atom. The Kier molecular flexibility index (Phi) is 7.08. The molecule has 0 radical (unpaired) electrons. The number of halogens is 1. The number of benzene rings is 2. The van der Waals surface area contributed by atoms with Crippen LogP contribution in [-0.4, -0.2) is 28.2 Å². The summed E-state index contributed by atoms with van der Waals surface area (Å²) in [6, 6.07) is 16.5. The lowest BCUT2D eigenvalue weighted by atomic mass is 10.2. The van der Waals surface area contributed by atoms with Crippen molar-refractivity contribution >= 4 is 23.4 Å². The van der Waals surface area contributed by atoms with Crippen LogP contribution >= 0.6 is 11.6 Å². The minimum absolute atomic E-state index is 0.213. The molecule has 2 amide bonds. The highest BCUT2D eigenvalue weighted by molar-refractivity contribution is 6.30. The van der Waals surface area contributed by atoms with E-state index in [4.69, 9.17) is 16.3 Å². The summed E-state index contributed by atoms with van der Waals surface area (Å²) in [5.41, 5.74) is 7.62. The van der Waals surface area contributed by atoms with Crippen LogP contribution in [0.5, 0.6) is 5.75 Å². The third-order valence-corrected chi connectivity index (χ3v) is 4.61. The molecule has 0 saturated carbocycles. The molecule has 1 aromatic heterocycles. The molecule has 0 bridgehead atoms. The fourth-order valence-corrected chi connectivity index (χ4v) is 3.09. The molecule has 3 rings (SSSR count). The van der Waals surface area contributed by atoms with Gasteiger partial charge in [-0.15, -0.1) is 0 Å². The molecule has 0 saturated heterocycles. The number of hydrogen-bond donors (Lipinski definition) is 2. The van der Waals surface area contributed by atoms with Gasteiger partial charge in [-0.1, -0.05) is 29.8 Å². The van der Waals surface area contributed by atoms with Gasteiger partial charge in [-0.3, -0.25) is 20.4 Å². The maximum Gasteiger partial charge on any atom is 0.290 e. The Hall–Kier alpha value is -3.32. The van der Waals surface area contributed by atoms with Crippen molar-refractivity contribution in [1.29, 1.82) is 0 Å². The van der Waals surface area contributed by atoms with Gasteiger partial charge >= 0.3 is 0 Å². The molecule has 0 spiro atoms. The summed E-state index contributed by atoms with van der Waals surface area (Å²) >= 11 is 5.92. The first kappa shape index (κ1) is 21.4. The number of ether oxygens (including phenoxy) is 1. The summed E-state index contributed by atoms with van der Waals surface area (Å²) in [6.07, 6.45) is 0.718. The van der Waals surface area contributed by atoms with Crippen LogP contribution in [-0.2, 0) is 4.79 Å². The average molecular weight is 427 g/mol. The molecule has 1 heterocycles. The number of nitrogens with zero attached hydrogens (tertiary/aromatic N) is 2. The predicted molar refractivity (Wildman–Crippen MR) is 115 cm³/mol. The molecule has 156 valence electrons. The van der Waals surface area contributed by atoms with E-state index in [-0.39, 0.29) is 18.0 Å². The van der Waals surface area contributed by atoms with E-state index in [1.54, 1.807) is 22.9 Å². The molecule has 7 nitrogen and oxygen atoms in total. The van der Waals surface area contributed by atoms with E-state index in [1.165, 1.54) is 0 Å². The number of nitrogens with one attached hydrogen (secondary N) is 2. The number of amides is 2. The van der Waals surface area contributed by atoms with E-state index in [0.29, 0.717) is 18.1 Å². The first-order chi connectivity index (χ1) is 14.4. The van der Waals surface area contributed by atoms with Crippen molar-refractivity contribution in [2.24, 2.45) is 0 Å².